The molecule has 0 aromatic carbocycles. The van der Waals surface area contributed by atoms with Gasteiger partial charge in [-0.2, -0.15) is 0 Å². The summed E-state index contributed by atoms with van der Waals surface area (Å²) < 4.78 is 0. The molecule has 0 heterocycles. The Labute approximate surface area is 140 Å². The Kier molecular flexibility index (Phi) is 7.48. The summed E-state index contributed by atoms with van der Waals surface area (Å²) in [6, 6.07) is 0. The SMILES string of the molecule is CC1(C)[C@@H](C(=O)O)CC[C@@]1(C)C(=O)O.[Na].[Na]. The number of aliphatic carboxylic acids is 2. The molecule has 6 heteroatoms. The maximum absolute atomic E-state index is 11.1. The fourth-order valence-corrected chi connectivity index (χ4v) is 2.32. The summed E-state index contributed by atoms with van der Waals surface area (Å²) in [7, 11) is 0. The predicted molar refractivity (Wildman–Crippen MR) is 61.4 cm³/mol. The fraction of sp³-hybridized carbons (Fsp3) is 0.800. The van der Waals surface area contributed by atoms with E-state index in [1.54, 1.807) is 20.8 Å². The van der Waals surface area contributed by atoms with Crippen LogP contribution in [0.1, 0.15) is 33.6 Å². The quantitative estimate of drug-likeness (QED) is 0.708. The van der Waals surface area contributed by atoms with E-state index in [0.717, 1.165) is 0 Å². The van der Waals surface area contributed by atoms with Crippen molar-refractivity contribution in [1.29, 1.82) is 0 Å². The summed E-state index contributed by atoms with van der Waals surface area (Å²) in [6.45, 7) is 5.10. The van der Waals surface area contributed by atoms with E-state index in [0.29, 0.717) is 12.8 Å². The third-order valence-electron chi connectivity index (χ3n) is 4.00. The fourth-order valence-electron chi connectivity index (χ4n) is 2.32. The molecule has 0 amide bonds. The molecule has 0 aromatic rings. The van der Waals surface area contributed by atoms with Crippen LogP contribution in [0, 0.1) is 16.7 Å². The Morgan fingerprint density at radius 1 is 1.12 bits per heavy atom. The molecule has 82 valence electrons. The van der Waals surface area contributed by atoms with Crippen molar-refractivity contribution in [2.45, 2.75) is 33.6 Å². The first kappa shape index (κ1) is 19.3. The van der Waals surface area contributed by atoms with Crippen molar-refractivity contribution >= 4 is 71.1 Å². The van der Waals surface area contributed by atoms with E-state index in [-0.39, 0.29) is 59.1 Å². The van der Waals surface area contributed by atoms with Gasteiger partial charge < -0.3 is 10.2 Å². The van der Waals surface area contributed by atoms with Gasteiger partial charge in [0.05, 0.1) is 11.3 Å². The minimum Gasteiger partial charge on any atom is -0.481 e. The average Bonchev–Trinajstić information content (AvgIpc) is 2.24. The summed E-state index contributed by atoms with van der Waals surface area (Å²) in [6.07, 6.45) is 0.886. The van der Waals surface area contributed by atoms with Gasteiger partial charge in [-0.25, -0.2) is 0 Å². The van der Waals surface area contributed by atoms with Gasteiger partial charge in [0.25, 0.3) is 0 Å². The van der Waals surface area contributed by atoms with Gasteiger partial charge in [0.2, 0.25) is 0 Å². The van der Waals surface area contributed by atoms with Gasteiger partial charge >= 0.3 is 11.9 Å². The largest absolute Gasteiger partial charge is 0.481 e. The summed E-state index contributed by atoms with van der Waals surface area (Å²) in [5, 5.41) is 18.1. The van der Waals surface area contributed by atoms with E-state index in [4.69, 9.17) is 10.2 Å². The smallest absolute Gasteiger partial charge is 0.309 e. The van der Waals surface area contributed by atoms with Crippen molar-refractivity contribution in [3.8, 4) is 0 Å². The van der Waals surface area contributed by atoms with Crippen molar-refractivity contribution in [2.24, 2.45) is 16.7 Å². The van der Waals surface area contributed by atoms with Crippen LogP contribution in [0.25, 0.3) is 0 Å². The van der Waals surface area contributed by atoms with E-state index >= 15 is 0 Å². The topological polar surface area (TPSA) is 74.6 Å². The second-order valence-corrected chi connectivity index (χ2v) is 4.79. The van der Waals surface area contributed by atoms with Crippen LogP contribution < -0.4 is 0 Å². The monoisotopic (exact) mass is 246 g/mol. The van der Waals surface area contributed by atoms with Gasteiger partial charge in [-0.3, -0.25) is 9.59 Å². The van der Waals surface area contributed by atoms with E-state index in [2.05, 4.69) is 0 Å². The van der Waals surface area contributed by atoms with Crippen LogP contribution >= 0.6 is 0 Å². The van der Waals surface area contributed by atoms with Crippen molar-refractivity contribution in [1.82, 2.24) is 0 Å². The molecule has 0 aliphatic heterocycles. The first-order chi connectivity index (χ1) is 6.23. The molecule has 0 aromatic heterocycles. The number of carbonyl (C=O) groups is 2. The van der Waals surface area contributed by atoms with Crippen molar-refractivity contribution in [3.05, 3.63) is 0 Å². The van der Waals surface area contributed by atoms with E-state index in [1.165, 1.54) is 0 Å². The Morgan fingerprint density at radius 2 is 1.56 bits per heavy atom. The van der Waals surface area contributed by atoms with Gasteiger partial charge in [-0.05, 0) is 25.2 Å². The van der Waals surface area contributed by atoms with Crippen LogP contribution in [0.15, 0.2) is 0 Å². The minimum atomic E-state index is -0.921. The molecule has 1 fully saturated rings. The predicted octanol–water partition coefficient (Wildman–Crippen LogP) is 0.837. The molecule has 16 heavy (non-hydrogen) atoms. The van der Waals surface area contributed by atoms with Crippen LogP contribution in [-0.2, 0) is 9.59 Å². The van der Waals surface area contributed by atoms with Crippen LogP contribution in [-0.4, -0.2) is 81.3 Å². The standard InChI is InChI=1S/C10H16O4.2Na/c1-9(2)6(7(11)12)4-5-10(9,3)8(13)14;;/h6H,4-5H2,1-3H3,(H,11,12)(H,13,14);;/t6-,10+;;/m1../s1. The summed E-state index contributed by atoms with van der Waals surface area (Å²) in [5.74, 6) is -2.34. The van der Waals surface area contributed by atoms with Gasteiger partial charge in [-0.1, -0.05) is 13.8 Å². The molecule has 0 saturated heterocycles. The Bertz CT molecular complexity index is 291. The van der Waals surface area contributed by atoms with Crippen LogP contribution in [0.3, 0.4) is 0 Å². The van der Waals surface area contributed by atoms with Crippen LogP contribution in [0.2, 0.25) is 0 Å². The molecule has 2 atom stereocenters. The first-order valence-electron chi connectivity index (χ1n) is 4.69. The van der Waals surface area contributed by atoms with E-state index < -0.39 is 28.7 Å². The molecule has 1 aliphatic rings. The zero-order chi connectivity index (χ0) is 11.1. The number of hydrogen-bond acceptors (Lipinski definition) is 2. The van der Waals surface area contributed by atoms with E-state index in [1.807, 2.05) is 0 Å². The number of carboxylic acids is 2. The molecule has 4 nitrogen and oxygen atoms in total. The molecule has 0 spiro atoms. The van der Waals surface area contributed by atoms with Gasteiger partial charge in [0, 0.05) is 59.1 Å². The number of rotatable bonds is 2. The van der Waals surface area contributed by atoms with Crippen molar-refractivity contribution in [2.75, 3.05) is 0 Å². The molecule has 1 saturated carbocycles. The average molecular weight is 246 g/mol. The molecular weight excluding hydrogens is 230 g/mol. The second kappa shape index (κ2) is 6.21. The first-order valence-corrected chi connectivity index (χ1v) is 4.69. The molecule has 0 unspecified atom stereocenters. The van der Waals surface area contributed by atoms with Crippen LogP contribution in [0.5, 0.6) is 0 Å². The molecule has 2 radical (unpaired) electrons. The Morgan fingerprint density at radius 3 is 1.75 bits per heavy atom. The number of hydrogen-bond donors (Lipinski definition) is 2. The van der Waals surface area contributed by atoms with Gasteiger partial charge in [0.1, 0.15) is 0 Å². The van der Waals surface area contributed by atoms with Crippen LogP contribution in [0.4, 0.5) is 0 Å². The molecule has 1 aliphatic carbocycles. The maximum atomic E-state index is 11.1. The molecule has 0 bridgehead atoms. The molecule has 2 N–H and O–H groups in total. The van der Waals surface area contributed by atoms with Crippen molar-refractivity contribution in [3.63, 3.8) is 0 Å². The Balaban J connectivity index is 0. The van der Waals surface area contributed by atoms with Gasteiger partial charge in [0.15, 0.2) is 0 Å². The van der Waals surface area contributed by atoms with Crippen molar-refractivity contribution < 1.29 is 19.8 Å². The zero-order valence-corrected chi connectivity index (χ0v) is 14.7. The summed E-state index contributed by atoms with van der Waals surface area (Å²) in [5.41, 5.74) is -1.61. The normalized spacial score (nSPS) is 31.1. The summed E-state index contributed by atoms with van der Waals surface area (Å²) >= 11 is 0. The molecule has 1 rings (SSSR count). The summed E-state index contributed by atoms with van der Waals surface area (Å²) in [4.78, 5) is 22.0. The number of carboxylic acid groups (broad SMARTS) is 2. The zero-order valence-electron chi connectivity index (χ0n) is 10.7. The minimum absolute atomic E-state index is 0. The third kappa shape index (κ3) is 2.85. The van der Waals surface area contributed by atoms with Gasteiger partial charge in [-0.15, -0.1) is 0 Å². The second-order valence-electron chi connectivity index (χ2n) is 4.79. The van der Waals surface area contributed by atoms with E-state index in [9.17, 15) is 9.59 Å². The molecular formula is C10H16Na2O4. The Hall–Kier alpha value is 0.940. The third-order valence-corrected chi connectivity index (χ3v) is 4.00. The maximum Gasteiger partial charge on any atom is 0.309 e.